The molecule has 2 rings (SSSR count). The molecule has 0 aliphatic heterocycles. The van der Waals surface area contributed by atoms with Crippen LogP contribution in [0.15, 0.2) is 36.4 Å². The van der Waals surface area contributed by atoms with Gasteiger partial charge in [0.05, 0.1) is 22.0 Å². The first kappa shape index (κ1) is 28.2. The Morgan fingerprint density at radius 2 is 1.71 bits per heavy atom. The van der Waals surface area contributed by atoms with Gasteiger partial charge in [0.25, 0.3) is 0 Å². The van der Waals surface area contributed by atoms with Gasteiger partial charge in [0, 0.05) is 18.1 Å². The molecular weight excluding hydrogens is 521 g/mol. The van der Waals surface area contributed by atoms with Gasteiger partial charge in [-0.15, -0.1) is 0 Å². The third kappa shape index (κ3) is 7.25. The van der Waals surface area contributed by atoms with E-state index in [9.17, 15) is 18.0 Å². The molecule has 2 amide bonds. The number of hydrogen-bond acceptors (Lipinski definition) is 4. The van der Waals surface area contributed by atoms with Crippen molar-refractivity contribution in [2.75, 3.05) is 23.7 Å². The number of nitrogens with one attached hydrogen (secondary N) is 1. The number of sulfonamides is 1. The van der Waals surface area contributed by atoms with Crippen molar-refractivity contribution in [2.45, 2.75) is 39.8 Å². The Balaban J connectivity index is 2.50. The van der Waals surface area contributed by atoms with Crippen molar-refractivity contribution in [2.24, 2.45) is 0 Å². The Hall–Kier alpha value is -2.00. The number of benzene rings is 2. The van der Waals surface area contributed by atoms with Gasteiger partial charge in [-0.3, -0.25) is 13.9 Å². The molecule has 7 nitrogen and oxygen atoms in total. The van der Waals surface area contributed by atoms with Gasteiger partial charge in [-0.2, -0.15) is 0 Å². The first-order valence-corrected chi connectivity index (χ1v) is 13.6. The topological polar surface area (TPSA) is 86.8 Å². The van der Waals surface area contributed by atoms with Gasteiger partial charge in [-0.25, -0.2) is 8.42 Å². The van der Waals surface area contributed by atoms with Gasteiger partial charge in [-0.05, 0) is 55.7 Å². The molecule has 0 spiro atoms. The molecule has 2 aromatic rings. The minimum atomic E-state index is -3.85. The fourth-order valence-electron chi connectivity index (χ4n) is 3.49. The summed E-state index contributed by atoms with van der Waals surface area (Å²) in [4.78, 5) is 27.7. The minimum absolute atomic E-state index is 0.0392. The van der Waals surface area contributed by atoms with E-state index in [2.05, 4.69) is 5.32 Å². The van der Waals surface area contributed by atoms with E-state index in [1.165, 1.54) is 11.0 Å². The van der Waals surface area contributed by atoms with E-state index in [4.69, 9.17) is 34.8 Å². The van der Waals surface area contributed by atoms with Gasteiger partial charge >= 0.3 is 0 Å². The molecule has 34 heavy (non-hydrogen) atoms. The molecule has 1 unspecified atom stereocenters. The summed E-state index contributed by atoms with van der Waals surface area (Å²) in [5, 5.41) is 3.75. The number of carbonyl (C=O) groups excluding carboxylic acids is 2. The van der Waals surface area contributed by atoms with E-state index in [1.807, 2.05) is 0 Å². The summed E-state index contributed by atoms with van der Waals surface area (Å²) in [7, 11) is -3.85. The highest BCUT2D eigenvalue weighted by molar-refractivity contribution is 7.92. The first-order chi connectivity index (χ1) is 15.9. The van der Waals surface area contributed by atoms with Crippen molar-refractivity contribution >= 4 is 62.3 Å². The average Bonchev–Trinajstić information content (AvgIpc) is 2.75. The fraction of sp³-hybridized carbons (Fsp3) is 0.391. The number of aryl methyl sites for hydroxylation is 1. The second-order valence-corrected chi connectivity index (χ2v) is 10.9. The number of halogens is 3. The summed E-state index contributed by atoms with van der Waals surface area (Å²) in [6, 6.07) is 8.92. The Bertz CT molecular complexity index is 1160. The number of anilines is 1. The third-order valence-electron chi connectivity index (χ3n) is 5.19. The van der Waals surface area contributed by atoms with Crippen LogP contribution in [0.5, 0.6) is 0 Å². The average molecular weight is 549 g/mol. The maximum atomic E-state index is 13.6. The van der Waals surface area contributed by atoms with Crippen molar-refractivity contribution in [3.05, 3.63) is 62.6 Å². The van der Waals surface area contributed by atoms with Gasteiger partial charge < -0.3 is 10.2 Å². The van der Waals surface area contributed by atoms with E-state index in [0.717, 1.165) is 10.6 Å². The number of nitrogens with zero attached hydrogens (tertiary/aromatic N) is 2. The highest BCUT2D eigenvalue weighted by atomic mass is 35.5. The quantitative estimate of drug-likeness (QED) is 0.468. The maximum absolute atomic E-state index is 13.6. The SMILES string of the molecule is CCNC(=O)C(CC)N(Cc1ccc(Cl)c(Cl)c1)C(=O)CN(c1cc(Cl)ccc1C)S(C)(=O)=O. The molecule has 0 aromatic heterocycles. The van der Waals surface area contributed by atoms with Gasteiger partial charge in [-0.1, -0.05) is 53.9 Å². The van der Waals surface area contributed by atoms with Gasteiger partial charge in [0.2, 0.25) is 21.8 Å². The second kappa shape index (κ2) is 12.1. The van der Waals surface area contributed by atoms with E-state index >= 15 is 0 Å². The molecule has 0 saturated heterocycles. The third-order valence-corrected chi connectivity index (χ3v) is 7.29. The molecule has 0 bridgehead atoms. The van der Waals surface area contributed by atoms with E-state index in [-0.39, 0.29) is 12.5 Å². The summed E-state index contributed by atoms with van der Waals surface area (Å²) >= 11 is 18.3. The van der Waals surface area contributed by atoms with Crippen molar-refractivity contribution in [1.29, 1.82) is 0 Å². The van der Waals surface area contributed by atoms with E-state index in [1.54, 1.807) is 51.1 Å². The zero-order valence-electron chi connectivity index (χ0n) is 19.4. The molecule has 1 atom stereocenters. The number of likely N-dealkylation sites (N-methyl/N-ethyl adjacent to an activating group) is 1. The van der Waals surface area contributed by atoms with Crippen LogP contribution in [-0.4, -0.2) is 50.5 Å². The Kier molecular flexibility index (Phi) is 10.1. The Morgan fingerprint density at radius 1 is 1.03 bits per heavy atom. The van der Waals surface area contributed by atoms with Crippen LogP contribution >= 0.6 is 34.8 Å². The standard InChI is InChI=1S/C23H28Cl3N3O4S/c1-5-20(23(31)27-6-2)28(13-16-8-10-18(25)19(26)11-16)22(30)14-29(34(4,32)33)21-12-17(24)9-7-15(21)3/h7-12,20H,5-6,13-14H2,1-4H3,(H,27,31). The highest BCUT2D eigenvalue weighted by Gasteiger charge is 2.32. The minimum Gasteiger partial charge on any atom is -0.355 e. The van der Waals surface area contributed by atoms with Crippen LogP contribution in [0.25, 0.3) is 0 Å². The van der Waals surface area contributed by atoms with Gasteiger partial charge in [0.1, 0.15) is 12.6 Å². The van der Waals surface area contributed by atoms with E-state index in [0.29, 0.717) is 44.8 Å². The number of carbonyl (C=O) groups is 2. The summed E-state index contributed by atoms with van der Waals surface area (Å²) < 4.78 is 26.3. The van der Waals surface area contributed by atoms with Crippen LogP contribution in [0.4, 0.5) is 5.69 Å². The number of amides is 2. The first-order valence-electron chi connectivity index (χ1n) is 10.6. The molecule has 0 saturated carbocycles. The zero-order valence-corrected chi connectivity index (χ0v) is 22.5. The Labute approximate surface area is 216 Å². The predicted molar refractivity (Wildman–Crippen MR) is 138 cm³/mol. The lowest BCUT2D eigenvalue weighted by molar-refractivity contribution is -0.140. The second-order valence-electron chi connectivity index (χ2n) is 7.79. The molecule has 0 radical (unpaired) electrons. The maximum Gasteiger partial charge on any atom is 0.244 e. The monoisotopic (exact) mass is 547 g/mol. The lowest BCUT2D eigenvalue weighted by Gasteiger charge is -2.33. The van der Waals surface area contributed by atoms with Crippen LogP contribution in [0.2, 0.25) is 15.1 Å². The van der Waals surface area contributed by atoms with Crippen molar-refractivity contribution in [3.63, 3.8) is 0 Å². The molecule has 0 aliphatic carbocycles. The number of hydrogen-bond donors (Lipinski definition) is 1. The number of rotatable bonds is 10. The van der Waals surface area contributed by atoms with Crippen molar-refractivity contribution in [1.82, 2.24) is 10.2 Å². The smallest absolute Gasteiger partial charge is 0.244 e. The van der Waals surface area contributed by atoms with Crippen LogP contribution in [-0.2, 0) is 26.2 Å². The molecule has 186 valence electrons. The normalized spacial score (nSPS) is 12.2. The summed E-state index contributed by atoms with van der Waals surface area (Å²) in [6.07, 6.45) is 1.35. The Morgan fingerprint density at radius 3 is 2.26 bits per heavy atom. The largest absolute Gasteiger partial charge is 0.355 e. The molecule has 0 fully saturated rings. The van der Waals surface area contributed by atoms with Crippen molar-refractivity contribution < 1.29 is 18.0 Å². The zero-order chi connectivity index (χ0) is 25.6. The summed E-state index contributed by atoms with van der Waals surface area (Å²) in [5.41, 5.74) is 1.58. The van der Waals surface area contributed by atoms with Gasteiger partial charge in [0.15, 0.2) is 0 Å². The van der Waals surface area contributed by atoms with Crippen LogP contribution in [0.1, 0.15) is 31.4 Å². The lowest BCUT2D eigenvalue weighted by atomic mass is 10.1. The molecule has 2 aromatic carbocycles. The molecular formula is C23H28Cl3N3O4S. The van der Waals surface area contributed by atoms with Crippen LogP contribution < -0.4 is 9.62 Å². The highest BCUT2D eigenvalue weighted by Crippen LogP contribution is 2.28. The molecule has 0 heterocycles. The lowest BCUT2D eigenvalue weighted by Crippen LogP contribution is -2.52. The van der Waals surface area contributed by atoms with E-state index < -0.39 is 28.5 Å². The summed E-state index contributed by atoms with van der Waals surface area (Å²) in [5.74, 6) is -0.878. The molecule has 1 N–H and O–H groups in total. The van der Waals surface area contributed by atoms with Crippen molar-refractivity contribution in [3.8, 4) is 0 Å². The van der Waals surface area contributed by atoms with Crippen LogP contribution in [0.3, 0.4) is 0 Å². The fourth-order valence-corrected chi connectivity index (χ4v) is 4.88. The molecule has 0 aliphatic rings. The van der Waals surface area contributed by atoms with Crippen LogP contribution in [0, 0.1) is 6.92 Å². The molecule has 11 heteroatoms. The predicted octanol–water partition coefficient (Wildman–Crippen LogP) is 4.66. The summed E-state index contributed by atoms with van der Waals surface area (Å²) in [6.45, 7) is 5.22.